The van der Waals surface area contributed by atoms with E-state index in [0.717, 1.165) is 33.8 Å². The van der Waals surface area contributed by atoms with Crippen LogP contribution >= 0.6 is 0 Å². The minimum Gasteiger partial charge on any atom is -0.490 e. The lowest BCUT2D eigenvalue weighted by molar-refractivity contribution is 0.215. The van der Waals surface area contributed by atoms with Crippen molar-refractivity contribution in [2.75, 3.05) is 13.7 Å². The lowest BCUT2D eigenvalue weighted by atomic mass is 10.1. The number of hydrogen-bond acceptors (Lipinski definition) is 5. The third kappa shape index (κ3) is 5.64. The fourth-order valence-electron chi connectivity index (χ4n) is 2.39. The molecule has 0 aliphatic carbocycles. The number of aryl methyl sites for hydroxylation is 2. The van der Waals surface area contributed by atoms with Crippen LogP contribution in [-0.4, -0.2) is 24.9 Å². The van der Waals surface area contributed by atoms with E-state index in [0.29, 0.717) is 13.2 Å². The van der Waals surface area contributed by atoms with Gasteiger partial charge in [-0.05, 0) is 50.1 Å². The highest BCUT2D eigenvalue weighted by Crippen LogP contribution is 2.29. The maximum Gasteiger partial charge on any atom is 0.125 e. The predicted molar refractivity (Wildman–Crippen MR) is 99.4 cm³/mol. The van der Waals surface area contributed by atoms with Crippen LogP contribution in [0.2, 0.25) is 0 Å². The van der Waals surface area contributed by atoms with Crippen LogP contribution in [0.5, 0.6) is 11.5 Å². The molecule has 2 rings (SSSR count). The molecule has 1 heterocycles. The van der Waals surface area contributed by atoms with Crippen molar-refractivity contribution in [2.24, 2.45) is 5.16 Å². The number of nitrogens with zero attached hydrogens (tertiary/aromatic N) is 2. The highest BCUT2D eigenvalue weighted by molar-refractivity contribution is 5.78. The second-order valence-corrected chi connectivity index (χ2v) is 5.60. The molecular weight excluding hydrogens is 316 g/mol. The van der Waals surface area contributed by atoms with Gasteiger partial charge < -0.3 is 14.3 Å². The van der Waals surface area contributed by atoms with Gasteiger partial charge in [0.25, 0.3) is 0 Å². The van der Waals surface area contributed by atoms with Crippen molar-refractivity contribution < 1.29 is 14.3 Å². The Hall–Kier alpha value is -2.82. The third-order valence-corrected chi connectivity index (χ3v) is 3.52. The van der Waals surface area contributed by atoms with Gasteiger partial charge in [-0.25, -0.2) is 0 Å². The molecule has 0 spiro atoms. The predicted octanol–water partition coefficient (Wildman–Crippen LogP) is 4.21. The van der Waals surface area contributed by atoms with E-state index in [9.17, 15) is 0 Å². The van der Waals surface area contributed by atoms with E-state index in [-0.39, 0.29) is 0 Å². The second-order valence-electron chi connectivity index (χ2n) is 5.60. The van der Waals surface area contributed by atoms with Crippen LogP contribution in [0.1, 0.15) is 29.2 Å². The van der Waals surface area contributed by atoms with Crippen LogP contribution in [0.4, 0.5) is 0 Å². The number of oxime groups is 1. The Bertz CT molecular complexity index is 731. The van der Waals surface area contributed by atoms with Crippen LogP contribution in [0, 0.1) is 13.8 Å². The van der Waals surface area contributed by atoms with Crippen molar-refractivity contribution in [3.63, 3.8) is 0 Å². The maximum absolute atomic E-state index is 6.01. The first-order valence-electron chi connectivity index (χ1n) is 8.12. The standard InChI is InChI=1S/C20H24N2O3/c1-5-6-7-24-19-8-15(2)20(16(3)9-19)25-14-18-10-17(11-21-12-18)13-22-23-4/h5-6,8-13H,7,14H2,1-4H3/b6-5+,22-13?. The van der Waals surface area contributed by atoms with Crippen molar-refractivity contribution in [1.82, 2.24) is 4.98 Å². The molecule has 0 bridgehead atoms. The Labute approximate surface area is 148 Å². The fraction of sp³-hybridized carbons (Fsp3) is 0.300. The molecule has 132 valence electrons. The summed E-state index contributed by atoms with van der Waals surface area (Å²) in [5.74, 6) is 1.72. The molecule has 0 atom stereocenters. The van der Waals surface area contributed by atoms with Crippen molar-refractivity contribution in [1.29, 1.82) is 0 Å². The highest BCUT2D eigenvalue weighted by atomic mass is 16.6. The quantitative estimate of drug-likeness (QED) is 0.410. The number of pyridine rings is 1. The summed E-state index contributed by atoms with van der Waals surface area (Å²) in [4.78, 5) is 8.88. The van der Waals surface area contributed by atoms with Crippen molar-refractivity contribution >= 4 is 6.21 Å². The smallest absolute Gasteiger partial charge is 0.125 e. The summed E-state index contributed by atoms with van der Waals surface area (Å²) in [5.41, 5.74) is 3.91. The van der Waals surface area contributed by atoms with Crippen molar-refractivity contribution in [3.05, 3.63) is 65.0 Å². The Balaban J connectivity index is 2.06. The Kier molecular flexibility index (Phi) is 7.01. The van der Waals surface area contributed by atoms with E-state index >= 15 is 0 Å². The molecule has 2 aromatic rings. The number of allylic oxidation sites excluding steroid dienone is 1. The Morgan fingerprint density at radius 3 is 2.52 bits per heavy atom. The summed E-state index contributed by atoms with van der Waals surface area (Å²) in [7, 11) is 1.51. The number of benzene rings is 1. The van der Waals surface area contributed by atoms with Crippen molar-refractivity contribution in [2.45, 2.75) is 27.4 Å². The third-order valence-electron chi connectivity index (χ3n) is 3.52. The van der Waals surface area contributed by atoms with Gasteiger partial charge in [0.2, 0.25) is 0 Å². The highest BCUT2D eigenvalue weighted by Gasteiger charge is 2.08. The summed E-state index contributed by atoms with van der Waals surface area (Å²) in [6, 6.07) is 5.95. The average molecular weight is 340 g/mol. The van der Waals surface area contributed by atoms with Crippen LogP contribution in [0.15, 0.2) is 47.9 Å². The summed E-state index contributed by atoms with van der Waals surface area (Å²) < 4.78 is 11.7. The van der Waals surface area contributed by atoms with Crippen LogP contribution in [-0.2, 0) is 11.4 Å². The van der Waals surface area contributed by atoms with Crippen LogP contribution in [0.25, 0.3) is 0 Å². The van der Waals surface area contributed by atoms with Crippen LogP contribution < -0.4 is 9.47 Å². The molecule has 0 aliphatic heterocycles. The lowest BCUT2D eigenvalue weighted by Crippen LogP contribution is -2.02. The number of rotatable bonds is 8. The van der Waals surface area contributed by atoms with E-state index in [1.54, 1.807) is 18.6 Å². The average Bonchev–Trinajstić information content (AvgIpc) is 2.60. The molecular formula is C20H24N2O3. The molecule has 0 unspecified atom stereocenters. The first-order chi connectivity index (χ1) is 12.1. The van der Waals surface area contributed by atoms with E-state index < -0.39 is 0 Å². The summed E-state index contributed by atoms with van der Waals surface area (Å²) in [6.45, 7) is 7.01. The van der Waals surface area contributed by atoms with E-state index in [1.165, 1.54) is 7.11 Å². The molecule has 0 saturated heterocycles. The fourth-order valence-corrected chi connectivity index (χ4v) is 2.39. The zero-order chi connectivity index (χ0) is 18.1. The number of ether oxygens (including phenoxy) is 2. The Morgan fingerprint density at radius 2 is 1.84 bits per heavy atom. The van der Waals surface area contributed by atoms with Gasteiger partial charge >= 0.3 is 0 Å². The zero-order valence-corrected chi connectivity index (χ0v) is 15.2. The van der Waals surface area contributed by atoms with E-state index in [1.807, 2.05) is 51.1 Å². The minimum atomic E-state index is 0.433. The molecule has 0 saturated carbocycles. The zero-order valence-electron chi connectivity index (χ0n) is 15.2. The lowest BCUT2D eigenvalue weighted by Gasteiger charge is -2.14. The molecule has 5 heteroatoms. The number of hydrogen-bond donors (Lipinski definition) is 0. The van der Waals surface area contributed by atoms with E-state index in [4.69, 9.17) is 9.47 Å². The van der Waals surface area contributed by atoms with Gasteiger partial charge in [-0.15, -0.1) is 0 Å². The molecule has 0 fully saturated rings. The normalized spacial score (nSPS) is 11.2. The first kappa shape index (κ1) is 18.5. The van der Waals surface area contributed by atoms with Gasteiger partial charge in [-0.1, -0.05) is 17.3 Å². The van der Waals surface area contributed by atoms with Crippen molar-refractivity contribution in [3.8, 4) is 11.5 Å². The summed E-state index contributed by atoms with van der Waals surface area (Å²) in [6.07, 6.45) is 9.06. The first-order valence-corrected chi connectivity index (χ1v) is 8.12. The topological polar surface area (TPSA) is 52.9 Å². The molecule has 1 aromatic heterocycles. The van der Waals surface area contributed by atoms with Crippen LogP contribution in [0.3, 0.4) is 0 Å². The molecule has 5 nitrogen and oxygen atoms in total. The van der Waals surface area contributed by atoms with Gasteiger partial charge in [0.15, 0.2) is 0 Å². The molecule has 0 amide bonds. The molecule has 0 radical (unpaired) electrons. The van der Waals surface area contributed by atoms with Gasteiger partial charge in [-0.2, -0.15) is 0 Å². The maximum atomic E-state index is 6.01. The second kappa shape index (κ2) is 9.47. The molecule has 25 heavy (non-hydrogen) atoms. The van der Waals surface area contributed by atoms with E-state index in [2.05, 4.69) is 15.0 Å². The summed E-state index contributed by atoms with van der Waals surface area (Å²) >= 11 is 0. The molecule has 0 aliphatic rings. The monoisotopic (exact) mass is 340 g/mol. The van der Waals surface area contributed by atoms with Gasteiger partial charge in [0, 0.05) is 23.5 Å². The molecule has 0 N–H and O–H groups in total. The van der Waals surface area contributed by atoms with Gasteiger partial charge in [0.1, 0.15) is 31.8 Å². The van der Waals surface area contributed by atoms with Gasteiger partial charge in [-0.3, -0.25) is 4.98 Å². The summed E-state index contributed by atoms with van der Waals surface area (Å²) in [5, 5.41) is 3.75. The largest absolute Gasteiger partial charge is 0.490 e. The SMILES string of the molecule is C/C=C/COc1cc(C)c(OCc2cncc(C=NOC)c2)c(C)c1. The number of aromatic nitrogens is 1. The van der Waals surface area contributed by atoms with Gasteiger partial charge in [0.05, 0.1) is 6.21 Å². The minimum absolute atomic E-state index is 0.433. The Morgan fingerprint density at radius 1 is 1.08 bits per heavy atom. The molecule has 1 aromatic carbocycles.